The van der Waals surface area contributed by atoms with Gasteiger partial charge in [0.2, 0.25) is 0 Å². The summed E-state index contributed by atoms with van der Waals surface area (Å²) in [4.78, 5) is 32.8. The van der Waals surface area contributed by atoms with Crippen molar-refractivity contribution in [3.05, 3.63) is 71.3 Å². The number of Topliss-reactive ketones (excluding diaryl/α,β-unsaturated/α-hetero) is 2. The maximum Gasteiger partial charge on any atom is 0.179 e. The molecular formula is C35H46N2O3. The lowest BCUT2D eigenvalue weighted by molar-refractivity contribution is -0.0187. The second-order valence-corrected chi connectivity index (χ2v) is 13.0. The van der Waals surface area contributed by atoms with Gasteiger partial charge >= 0.3 is 0 Å². The summed E-state index contributed by atoms with van der Waals surface area (Å²) in [6, 6.07) is 19.0. The zero-order chi connectivity index (χ0) is 27.6. The Hall–Kier alpha value is -2.34. The van der Waals surface area contributed by atoms with E-state index in [1.165, 1.54) is 31.2 Å². The molecule has 0 radical (unpaired) electrons. The molecule has 0 saturated carbocycles. The van der Waals surface area contributed by atoms with Gasteiger partial charge in [-0.3, -0.25) is 19.4 Å². The Morgan fingerprint density at radius 2 is 1.65 bits per heavy atom. The van der Waals surface area contributed by atoms with Gasteiger partial charge < -0.3 is 5.11 Å². The van der Waals surface area contributed by atoms with Gasteiger partial charge in [0.15, 0.2) is 11.6 Å². The van der Waals surface area contributed by atoms with E-state index < -0.39 is 0 Å². The number of carbonyl (C=O) groups is 2. The number of benzene rings is 2. The molecule has 0 amide bonds. The predicted molar refractivity (Wildman–Crippen MR) is 158 cm³/mol. The molecule has 4 aliphatic rings. The number of ketones is 2. The highest BCUT2D eigenvalue weighted by Crippen LogP contribution is 2.44. The molecular weight excluding hydrogens is 496 g/mol. The predicted octanol–water partition coefficient (Wildman–Crippen LogP) is 6.32. The van der Waals surface area contributed by atoms with E-state index in [2.05, 4.69) is 34.9 Å². The molecule has 7 atom stereocenters. The lowest BCUT2D eigenvalue weighted by Gasteiger charge is -2.50. The van der Waals surface area contributed by atoms with Crippen molar-refractivity contribution in [2.45, 2.75) is 95.3 Å². The molecule has 0 aromatic heterocycles. The van der Waals surface area contributed by atoms with Crippen molar-refractivity contribution in [3.63, 3.8) is 0 Å². The van der Waals surface area contributed by atoms with Gasteiger partial charge in [-0.1, -0.05) is 68.3 Å². The third-order valence-corrected chi connectivity index (χ3v) is 10.6. The summed E-state index contributed by atoms with van der Waals surface area (Å²) in [6.07, 6.45) is 10.9. The quantitative estimate of drug-likeness (QED) is 0.415. The van der Waals surface area contributed by atoms with Gasteiger partial charge in [0.1, 0.15) is 0 Å². The largest absolute Gasteiger partial charge is 0.396 e. The molecule has 1 N–H and O–H groups in total. The number of aliphatic hydroxyl groups is 1. The van der Waals surface area contributed by atoms with Crippen LogP contribution in [-0.4, -0.2) is 64.3 Å². The van der Waals surface area contributed by atoms with Crippen LogP contribution in [-0.2, 0) is 0 Å². The van der Waals surface area contributed by atoms with Crippen LogP contribution in [0, 0.1) is 17.8 Å². The molecule has 5 nitrogen and oxygen atoms in total. The van der Waals surface area contributed by atoms with E-state index in [1.807, 2.05) is 36.4 Å². The van der Waals surface area contributed by atoms with Crippen LogP contribution in [0.3, 0.4) is 0 Å². The first-order valence-electron chi connectivity index (χ1n) is 15.9. The van der Waals surface area contributed by atoms with Gasteiger partial charge in [-0.15, -0.1) is 0 Å². The monoisotopic (exact) mass is 542 g/mol. The van der Waals surface area contributed by atoms with Crippen LogP contribution in [0.5, 0.6) is 0 Å². The molecule has 40 heavy (non-hydrogen) atoms. The second-order valence-electron chi connectivity index (χ2n) is 13.0. The number of hydrogen-bond acceptors (Lipinski definition) is 5. The van der Waals surface area contributed by atoms with Crippen LogP contribution in [0.2, 0.25) is 0 Å². The minimum atomic E-state index is -0.106. The molecule has 6 rings (SSSR count). The van der Waals surface area contributed by atoms with Gasteiger partial charge in [-0.2, -0.15) is 0 Å². The molecule has 7 unspecified atom stereocenters. The number of carbonyl (C=O) groups excluding carboxylic acids is 2. The third-order valence-electron chi connectivity index (χ3n) is 10.6. The Labute approximate surface area is 239 Å². The smallest absolute Gasteiger partial charge is 0.179 e. The van der Waals surface area contributed by atoms with E-state index in [-0.39, 0.29) is 42.4 Å². The molecule has 5 heteroatoms. The van der Waals surface area contributed by atoms with Crippen LogP contribution in [0.1, 0.15) is 103 Å². The van der Waals surface area contributed by atoms with Gasteiger partial charge in [0.25, 0.3) is 0 Å². The van der Waals surface area contributed by atoms with Crippen LogP contribution < -0.4 is 0 Å². The topological polar surface area (TPSA) is 60.9 Å². The summed E-state index contributed by atoms with van der Waals surface area (Å²) >= 11 is 0. The fourth-order valence-corrected chi connectivity index (χ4v) is 8.56. The summed E-state index contributed by atoms with van der Waals surface area (Å²) in [7, 11) is 0. The third kappa shape index (κ3) is 5.45. The Kier molecular flexibility index (Phi) is 8.53. The molecule has 4 heterocycles. The fraction of sp³-hybridized carbons (Fsp3) is 0.600. The van der Waals surface area contributed by atoms with Gasteiger partial charge in [-0.25, -0.2) is 0 Å². The van der Waals surface area contributed by atoms with Crippen LogP contribution in [0.15, 0.2) is 54.6 Å². The van der Waals surface area contributed by atoms with Gasteiger partial charge in [-0.05, 0) is 81.4 Å². The lowest BCUT2D eigenvalue weighted by Crippen LogP contribution is -2.55. The number of aliphatic hydroxyl groups excluding tert-OH is 1. The van der Waals surface area contributed by atoms with Crippen molar-refractivity contribution in [1.29, 1.82) is 0 Å². The Morgan fingerprint density at radius 1 is 0.825 bits per heavy atom. The highest BCUT2D eigenvalue weighted by molar-refractivity contribution is 6.00. The molecule has 4 fully saturated rings. The standard InChI is InChI=1S/C35H46N2O3/c1-2-24-18-29-14-6-7-17-36(29)33(20-24)35(40)28-13-8-12-27(21-28)31-15-9-16-32-30(19-25(23-38)22-37(31)32)34(39)26-10-4-3-5-11-26/h3-5,8,10-13,21,24-25,29-33,38H,2,6-7,9,14-20,22-23H2,1H3. The molecule has 2 aromatic carbocycles. The molecule has 0 bridgehead atoms. The van der Waals surface area contributed by atoms with Gasteiger partial charge in [0.05, 0.1) is 6.04 Å². The summed E-state index contributed by atoms with van der Waals surface area (Å²) in [5.41, 5.74) is 2.81. The van der Waals surface area contributed by atoms with E-state index in [4.69, 9.17) is 0 Å². The van der Waals surface area contributed by atoms with E-state index in [0.29, 0.717) is 17.7 Å². The number of rotatable bonds is 7. The zero-order valence-corrected chi connectivity index (χ0v) is 24.1. The second kappa shape index (κ2) is 12.3. The van der Waals surface area contributed by atoms with E-state index in [0.717, 1.165) is 62.7 Å². The minimum Gasteiger partial charge on any atom is -0.396 e. The van der Waals surface area contributed by atoms with Crippen LogP contribution in [0.4, 0.5) is 0 Å². The molecule has 214 valence electrons. The zero-order valence-electron chi connectivity index (χ0n) is 24.1. The van der Waals surface area contributed by atoms with E-state index >= 15 is 0 Å². The van der Waals surface area contributed by atoms with Gasteiger partial charge in [0, 0.05) is 48.3 Å². The first kappa shape index (κ1) is 27.8. The van der Waals surface area contributed by atoms with Crippen molar-refractivity contribution < 1.29 is 14.7 Å². The average molecular weight is 543 g/mol. The van der Waals surface area contributed by atoms with Crippen molar-refractivity contribution in [3.8, 4) is 0 Å². The summed E-state index contributed by atoms with van der Waals surface area (Å²) in [6.45, 7) is 4.23. The first-order valence-corrected chi connectivity index (χ1v) is 15.9. The van der Waals surface area contributed by atoms with Crippen LogP contribution >= 0.6 is 0 Å². The van der Waals surface area contributed by atoms with Crippen molar-refractivity contribution >= 4 is 11.6 Å². The molecule has 4 aliphatic heterocycles. The number of piperidine rings is 4. The number of hydrogen-bond donors (Lipinski definition) is 1. The normalized spacial score (nSPS) is 33.1. The number of nitrogens with zero attached hydrogens (tertiary/aromatic N) is 2. The van der Waals surface area contributed by atoms with Crippen molar-refractivity contribution in [2.75, 3.05) is 19.7 Å². The molecule has 2 aromatic rings. The first-order chi connectivity index (χ1) is 19.6. The number of fused-ring (bicyclic) bond motifs is 2. The average Bonchev–Trinajstić information content (AvgIpc) is 3.03. The van der Waals surface area contributed by atoms with Crippen LogP contribution in [0.25, 0.3) is 0 Å². The van der Waals surface area contributed by atoms with Crippen molar-refractivity contribution in [1.82, 2.24) is 9.80 Å². The molecule has 0 aliphatic carbocycles. The SMILES string of the molecule is CCC1CC2CCCCN2C(C(=O)c2cccc(C3CCCC4C(C(=O)c5ccccc5)CC(CO)CN34)c2)C1. The highest BCUT2D eigenvalue weighted by atomic mass is 16.3. The summed E-state index contributed by atoms with van der Waals surface area (Å²) in [5.74, 6) is 1.12. The summed E-state index contributed by atoms with van der Waals surface area (Å²) in [5, 5.41) is 10.2. The Bertz CT molecular complexity index is 1180. The molecule has 4 saturated heterocycles. The highest BCUT2D eigenvalue weighted by Gasteiger charge is 2.45. The maximum absolute atomic E-state index is 14.1. The van der Waals surface area contributed by atoms with E-state index in [9.17, 15) is 14.7 Å². The minimum absolute atomic E-state index is 0.0000142. The fourth-order valence-electron chi connectivity index (χ4n) is 8.56. The Morgan fingerprint density at radius 3 is 2.45 bits per heavy atom. The summed E-state index contributed by atoms with van der Waals surface area (Å²) < 4.78 is 0. The van der Waals surface area contributed by atoms with E-state index in [1.54, 1.807) is 0 Å². The molecule has 0 spiro atoms. The maximum atomic E-state index is 14.1. The Balaban J connectivity index is 1.26. The lowest BCUT2D eigenvalue weighted by atomic mass is 9.73. The van der Waals surface area contributed by atoms with Crippen molar-refractivity contribution in [2.24, 2.45) is 17.8 Å².